The first kappa shape index (κ1) is 11.9. The summed E-state index contributed by atoms with van der Waals surface area (Å²) >= 11 is 0. The molecular weight excluding hydrogens is 187 g/mol. The van der Waals surface area contributed by atoms with E-state index in [4.69, 9.17) is 0 Å². The van der Waals surface area contributed by atoms with Crippen LogP contribution in [0, 0.1) is 19.1 Å². The van der Waals surface area contributed by atoms with Crippen molar-refractivity contribution >= 4 is 10.1 Å². The molecule has 0 saturated carbocycles. The number of hydrogen-bond acceptors (Lipinski definition) is 3. The second-order valence-corrected chi connectivity index (χ2v) is 3.43. The Bertz CT molecular complexity index is 341. The van der Waals surface area contributed by atoms with Gasteiger partial charge in [0.05, 0.1) is 0 Å². The largest absolute Gasteiger partial charge is 1.00 e. The van der Waals surface area contributed by atoms with E-state index in [9.17, 15) is 13.0 Å². The molecule has 0 aromatic heterocycles. The van der Waals surface area contributed by atoms with Crippen LogP contribution >= 0.6 is 0 Å². The van der Waals surface area contributed by atoms with Crippen molar-refractivity contribution in [1.29, 1.82) is 0 Å². The maximum atomic E-state index is 10.3. The van der Waals surface area contributed by atoms with Gasteiger partial charge in [-0.05, 0) is 24.6 Å². The Morgan fingerprint density at radius 2 is 1.92 bits per heavy atom. The molecule has 0 bridgehead atoms. The molecule has 0 atom stereocenters. The molecule has 0 unspecified atom stereocenters. The molecule has 0 saturated heterocycles. The van der Waals surface area contributed by atoms with Gasteiger partial charge in [0.25, 0.3) is 0 Å². The molecule has 0 fully saturated rings. The van der Waals surface area contributed by atoms with Crippen molar-refractivity contribution in [2.45, 2.75) is 11.8 Å². The summed E-state index contributed by atoms with van der Waals surface area (Å²) < 4.78 is 31.0. The van der Waals surface area contributed by atoms with E-state index in [2.05, 4.69) is 12.1 Å². The van der Waals surface area contributed by atoms with Gasteiger partial charge in [0, 0.05) is 0 Å². The summed E-state index contributed by atoms with van der Waals surface area (Å²) in [4.78, 5) is -0.358. The van der Waals surface area contributed by atoms with E-state index < -0.39 is 10.1 Å². The van der Waals surface area contributed by atoms with Gasteiger partial charge in [-0.2, -0.15) is 0 Å². The third kappa shape index (κ3) is 3.13. The number of aryl methyl sites for hydroxylation is 1. The zero-order valence-electron chi connectivity index (χ0n) is 6.79. The normalized spacial score (nSPS) is 9.83. The maximum absolute atomic E-state index is 10.3. The van der Waals surface area contributed by atoms with Crippen LogP contribution in [0.4, 0.5) is 0 Å². The van der Waals surface area contributed by atoms with E-state index in [0.717, 1.165) is 5.56 Å². The zero-order chi connectivity index (χ0) is 8.48. The Labute approximate surface area is 93.8 Å². The van der Waals surface area contributed by atoms with Gasteiger partial charge in [-0.25, -0.2) is 8.42 Å². The van der Waals surface area contributed by atoms with Crippen LogP contribution in [0.15, 0.2) is 17.0 Å². The van der Waals surface area contributed by atoms with Crippen molar-refractivity contribution in [3.63, 3.8) is 0 Å². The van der Waals surface area contributed by atoms with Crippen LogP contribution in [-0.2, 0) is 10.1 Å². The van der Waals surface area contributed by atoms with Crippen molar-refractivity contribution in [3.8, 4) is 0 Å². The van der Waals surface area contributed by atoms with Crippen molar-refractivity contribution in [2.75, 3.05) is 0 Å². The van der Waals surface area contributed by atoms with Gasteiger partial charge >= 0.3 is 29.6 Å². The minimum Gasteiger partial charge on any atom is -0.744 e. The van der Waals surface area contributed by atoms with Crippen molar-refractivity contribution in [1.82, 2.24) is 0 Å². The fourth-order valence-corrected chi connectivity index (χ4v) is 1.00. The first-order valence-corrected chi connectivity index (χ1v) is 4.27. The van der Waals surface area contributed by atoms with Crippen LogP contribution in [0.2, 0.25) is 0 Å². The fraction of sp³-hybridized carbons (Fsp3) is 0.143. The van der Waals surface area contributed by atoms with Crippen LogP contribution in [0.1, 0.15) is 5.56 Å². The molecule has 12 heavy (non-hydrogen) atoms. The molecule has 0 spiro atoms. The molecule has 3 nitrogen and oxygen atoms in total. The van der Waals surface area contributed by atoms with Gasteiger partial charge in [-0.1, -0.05) is 12.1 Å². The SMILES string of the molecule is Cc1c#cc(S(=O)(=O)[O-])cc1.[Na+]. The summed E-state index contributed by atoms with van der Waals surface area (Å²) in [5, 5.41) is 0. The van der Waals surface area contributed by atoms with Gasteiger partial charge in [0.1, 0.15) is 15.0 Å². The third-order valence-corrected chi connectivity index (χ3v) is 1.91. The van der Waals surface area contributed by atoms with Crippen LogP contribution in [0.5, 0.6) is 0 Å². The molecule has 0 heterocycles. The van der Waals surface area contributed by atoms with Gasteiger partial charge in [-0.3, -0.25) is 0 Å². The van der Waals surface area contributed by atoms with Crippen molar-refractivity contribution < 1.29 is 42.5 Å². The molecule has 0 aliphatic heterocycles. The van der Waals surface area contributed by atoms with Crippen molar-refractivity contribution in [3.05, 3.63) is 29.8 Å². The third-order valence-electron chi connectivity index (χ3n) is 1.14. The smallest absolute Gasteiger partial charge is 0.744 e. The minimum absolute atomic E-state index is 0. The monoisotopic (exact) mass is 192 g/mol. The van der Waals surface area contributed by atoms with Gasteiger partial charge < -0.3 is 4.55 Å². The summed E-state index contributed by atoms with van der Waals surface area (Å²) in [7, 11) is -4.36. The van der Waals surface area contributed by atoms with Crippen LogP contribution < -0.4 is 29.6 Å². The Kier molecular flexibility index (Phi) is 4.24. The predicted octanol–water partition coefficient (Wildman–Crippen LogP) is -2.50. The van der Waals surface area contributed by atoms with Gasteiger partial charge in [-0.15, -0.1) is 0 Å². The molecule has 0 aliphatic carbocycles. The van der Waals surface area contributed by atoms with E-state index >= 15 is 0 Å². The Morgan fingerprint density at radius 3 is 2.25 bits per heavy atom. The van der Waals surface area contributed by atoms with Gasteiger partial charge in [0.15, 0.2) is 0 Å². The van der Waals surface area contributed by atoms with Gasteiger partial charge in [0.2, 0.25) is 0 Å². The molecular formula is C7H5NaO3S. The predicted molar refractivity (Wildman–Crippen MR) is 36.8 cm³/mol. The molecule has 0 N–H and O–H groups in total. The van der Waals surface area contributed by atoms with E-state index in [1.807, 2.05) is 0 Å². The van der Waals surface area contributed by atoms with Crippen molar-refractivity contribution in [2.24, 2.45) is 0 Å². The molecule has 0 amide bonds. The summed E-state index contributed by atoms with van der Waals surface area (Å²) in [6.07, 6.45) is 0. The minimum atomic E-state index is -4.36. The maximum Gasteiger partial charge on any atom is 1.00 e. The molecule has 5 heteroatoms. The molecule has 58 valence electrons. The first-order chi connectivity index (χ1) is 5.00. The van der Waals surface area contributed by atoms with Crippen LogP contribution in [0.3, 0.4) is 0 Å². The Hall–Kier alpha value is -0.0500. The molecule has 0 aliphatic rings. The fourth-order valence-electron chi connectivity index (χ4n) is 0.590. The average molecular weight is 192 g/mol. The van der Waals surface area contributed by atoms with Crippen LogP contribution in [0.25, 0.3) is 0 Å². The quantitative estimate of drug-likeness (QED) is 0.365. The number of rotatable bonds is 1. The van der Waals surface area contributed by atoms with E-state index in [0.29, 0.717) is 0 Å². The Morgan fingerprint density at radius 1 is 1.33 bits per heavy atom. The second-order valence-electron chi connectivity index (χ2n) is 2.08. The van der Waals surface area contributed by atoms with E-state index in [1.54, 1.807) is 6.92 Å². The van der Waals surface area contributed by atoms with E-state index in [1.165, 1.54) is 12.1 Å². The summed E-state index contributed by atoms with van der Waals surface area (Å²) in [6, 6.07) is 7.47. The summed E-state index contributed by atoms with van der Waals surface area (Å²) in [5.41, 5.74) is 0.748. The summed E-state index contributed by atoms with van der Waals surface area (Å²) in [5.74, 6) is 0. The molecule has 0 radical (unpaired) electrons. The second kappa shape index (κ2) is 4.26. The standard InChI is InChI=1S/C7H6O3S.Na/c1-6-2-4-7(5-3-6)11(8,9)10;/h2,4H,1H3,(H,8,9,10);/q;+1/p-1. The Balaban J connectivity index is 0.00000121. The van der Waals surface area contributed by atoms with E-state index in [-0.39, 0.29) is 34.5 Å². The first-order valence-electron chi connectivity index (χ1n) is 2.86. The molecule has 1 aromatic rings. The average Bonchev–Trinajstić information content (AvgIpc) is 1.86. The molecule has 1 aromatic carbocycles. The summed E-state index contributed by atoms with van der Waals surface area (Å²) in [6.45, 7) is 1.73. The topological polar surface area (TPSA) is 57.2 Å². The zero-order valence-corrected chi connectivity index (χ0v) is 9.60. The number of hydrogen-bond donors (Lipinski definition) is 0. The van der Waals surface area contributed by atoms with Crippen LogP contribution in [-0.4, -0.2) is 13.0 Å². The molecule has 1 rings (SSSR count).